The second-order valence-electron chi connectivity index (χ2n) is 3.98. The molecule has 0 heterocycles. The number of aliphatic hydroxyl groups is 1. The number of nitro groups is 1. The first-order valence-corrected chi connectivity index (χ1v) is 6.43. The van der Waals surface area contributed by atoms with Gasteiger partial charge in [0.1, 0.15) is 5.82 Å². The fourth-order valence-electron chi connectivity index (χ4n) is 1.64. The van der Waals surface area contributed by atoms with Crippen molar-refractivity contribution in [1.82, 2.24) is 0 Å². The molecule has 0 saturated carbocycles. The van der Waals surface area contributed by atoms with Crippen molar-refractivity contribution < 1.29 is 23.5 Å². The Bertz CT molecular complexity index is 709. The number of ether oxygens (including phenoxy) is 1. The average molecular weight is 360 g/mol. The molecule has 8 heteroatoms. The first-order valence-electron chi connectivity index (χ1n) is 5.63. The molecule has 0 aliphatic carbocycles. The standard InChI is InChI=1S/C13H8BrF2NO4/c14-8-4-11(17(19)20)12(5-10(8)16)21-13-7(6-18)2-1-3-9(13)15/h1-5,18H,6H2. The molecule has 5 nitrogen and oxygen atoms in total. The van der Waals surface area contributed by atoms with Crippen molar-refractivity contribution in [3.63, 3.8) is 0 Å². The number of nitro benzene ring substituents is 1. The summed E-state index contributed by atoms with van der Waals surface area (Å²) in [4.78, 5) is 10.2. The third-order valence-electron chi connectivity index (χ3n) is 2.63. The molecule has 0 aliphatic rings. The summed E-state index contributed by atoms with van der Waals surface area (Å²) < 4.78 is 32.3. The van der Waals surface area contributed by atoms with Crippen LogP contribution in [-0.2, 0) is 6.61 Å². The van der Waals surface area contributed by atoms with Crippen molar-refractivity contribution in [3.05, 3.63) is 62.1 Å². The summed E-state index contributed by atoms with van der Waals surface area (Å²) in [5.74, 6) is -2.46. The molecule has 0 aromatic heterocycles. The molecular formula is C13H8BrF2NO4. The minimum absolute atomic E-state index is 0.0904. The van der Waals surface area contributed by atoms with Gasteiger partial charge in [-0.3, -0.25) is 10.1 Å². The molecule has 2 rings (SSSR count). The van der Waals surface area contributed by atoms with Gasteiger partial charge in [0.05, 0.1) is 16.0 Å². The van der Waals surface area contributed by atoms with Gasteiger partial charge in [0, 0.05) is 17.7 Å². The van der Waals surface area contributed by atoms with Crippen LogP contribution in [0.5, 0.6) is 11.5 Å². The lowest BCUT2D eigenvalue weighted by Gasteiger charge is -2.11. The minimum atomic E-state index is -0.820. The minimum Gasteiger partial charge on any atom is -0.447 e. The van der Waals surface area contributed by atoms with Crippen LogP contribution in [-0.4, -0.2) is 10.0 Å². The number of nitrogens with zero attached hydrogens (tertiary/aromatic N) is 1. The zero-order valence-corrected chi connectivity index (χ0v) is 11.9. The van der Waals surface area contributed by atoms with Crippen molar-refractivity contribution in [1.29, 1.82) is 0 Å². The van der Waals surface area contributed by atoms with Gasteiger partial charge in [-0.25, -0.2) is 8.78 Å². The highest BCUT2D eigenvalue weighted by Crippen LogP contribution is 2.37. The maximum absolute atomic E-state index is 13.7. The summed E-state index contributed by atoms with van der Waals surface area (Å²) in [5, 5.41) is 20.1. The first-order chi connectivity index (χ1) is 9.93. The van der Waals surface area contributed by atoms with Crippen LogP contribution in [0.2, 0.25) is 0 Å². The molecule has 0 radical (unpaired) electrons. The van der Waals surface area contributed by atoms with Crippen molar-refractivity contribution in [2.75, 3.05) is 0 Å². The Labute approximate surface area is 126 Å². The van der Waals surface area contributed by atoms with E-state index < -0.39 is 34.6 Å². The topological polar surface area (TPSA) is 72.6 Å². The van der Waals surface area contributed by atoms with Crippen LogP contribution in [0.3, 0.4) is 0 Å². The van der Waals surface area contributed by atoms with Crippen LogP contribution < -0.4 is 4.74 Å². The zero-order chi connectivity index (χ0) is 15.6. The molecule has 0 amide bonds. The van der Waals surface area contributed by atoms with Crippen molar-refractivity contribution in [3.8, 4) is 11.5 Å². The van der Waals surface area contributed by atoms with E-state index in [4.69, 9.17) is 9.84 Å². The van der Waals surface area contributed by atoms with Gasteiger partial charge < -0.3 is 9.84 Å². The van der Waals surface area contributed by atoms with Crippen LogP contribution in [0, 0.1) is 21.7 Å². The van der Waals surface area contributed by atoms with Gasteiger partial charge in [0.2, 0.25) is 5.75 Å². The average Bonchev–Trinajstić information content (AvgIpc) is 2.44. The lowest BCUT2D eigenvalue weighted by molar-refractivity contribution is -0.385. The summed E-state index contributed by atoms with van der Waals surface area (Å²) in [6.07, 6.45) is 0. The van der Waals surface area contributed by atoms with E-state index in [0.29, 0.717) is 0 Å². The Morgan fingerprint density at radius 1 is 1.29 bits per heavy atom. The van der Waals surface area contributed by atoms with Crippen molar-refractivity contribution >= 4 is 21.6 Å². The summed E-state index contributed by atoms with van der Waals surface area (Å²) in [6, 6.07) is 5.50. The molecule has 0 unspecified atom stereocenters. The molecule has 0 aliphatic heterocycles. The maximum atomic E-state index is 13.7. The summed E-state index contributed by atoms with van der Waals surface area (Å²) in [7, 11) is 0. The lowest BCUT2D eigenvalue weighted by atomic mass is 10.2. The Kier molecular flexibility index (Phi) is 4.49. The number of hydrogen-bond acceptors (Lipinski definition) is 4. The normalized spacial score (nSPS) is 10.5. The molecule has 21 heavy (non-hydrogen) atoms. The molecule has 0 saturated heterocycles. The summed E-state index contributed by atoms with van der Waals surface area (Å²) >= 11 is 2.83. The van der Waals surface area contributed by atoms with Crippen LogP contribution in [0.25, 0.3) is 0 Å². The first kappa shape index (κ1) is 15.3. The van der Waals surface area contributed by atoms with E-state index in [-0.39, 0.29) is 15.8 Å². The predicted octanol–water partition coefficient (Wildman–Crippen LogP) is 3.92. The van der Waals surface area contributed by atoms with E-state index in [1.165, 1.54) is 12.1 Å². The number of rotatable bonds is 4. The number of halogens is 3. The quantitative estimate of drug-likeness (QED) is 0.663. The number of benzene rings is 2. The molecule has 2 aromatic carbocycles. The summed E-state index contributed by atoms with van der Waals surface area (Å²) in [5.41, 5.74) is -0.442. The molecule has 0 fully saturated rings. The third kappa shape index (κ3) is 3.17. The van der Waals surface area contributed by atoms with Crippen molar-refractivity contribution in [2.24, 2.45) is 0 Å². The van der Waals surface area contributed by atoms with E-state index in [9.17, 15) is 18.9 Å². The molecule has 0 atom stereocenters. The van der Waals surface area contributed by atoms with Gasteiger partial charge in [0.25, 0.3) is 0 Å². The number of hydrogen-bond donors (Lipinski definition) is 1. The van der Waals surface area contributed by atoms with Crippen LogP contribution in [0.1, 0.15) is 5.56 Å². The van der Waals surface area contributed by atoms with E-state index in [0.717, 1.165) is 18.2 Å². The SMILES string of the molecule is O=[N+]([O-])c1cc(Br)c(F)cc1Oc1c(F)cccc1CO. The third-order valence-corrected chi connectivity index (χ3v) is 3.24. The van der Waals surface area contributed by atoms with Crippen molar-refractivity contribution in [2.45, 2.75) is 6.61 Å². The lowest BCUT2D eigenvalue weighted by Crippen LogP contribution is -1.99. The van der Waals surface area contributed by atoms with Gasteiger partial charge >= 0.3 is 5.69 Å². The fraction of sp³-hybridized carbons (Fsp3) is 0.0769. The molecular weight excluding hydrogens is 352 g/mol. The van der Waals surface area contributed by atoms with Gasteiger partial charge in [-0.1, -0.05) is 12.1 Å². The van der Waals surface area contributed by atoms with Crippen LogP contribution >= 0.6 is 15.9 Å². The van der Waals surface area contributed by atoms with Crippen LogP contribution in [0.15, 0.2) is 34.8 Å². The van der Waals surface area contributed by atoms with E-state index >= 15 is 0 Å². The Morgan fingerprint density at radius 3 is 2.62 bits per heavy atom. The van der Waals surface area contributed by atoms with E-state index in [1.54, 1.807) is 0 Å². The summed E-state index contributed by atoms with van der Waals surface area (Å²) in [6.45, 7) is -0.528. The maximum Gasteiger partial charge on any atom is 0.312 e. The highest BCUT2D eigenvalue weighted by atomic mass is 79.9. The fourth-order valence-corrected chi connectivity index (χ4v) is 1.98. The largest absolute Gasteiger partial charge is 0.447 e. The smallest absolute Gasteiger partial charge is 0.312 e. The second kappa shape index (κ2) is 6.15. The van der Waals surface area contributed by atoms with E-state index in [2.05, 4.69) is 15.9 Å². The molecule has 0 spiro atoms. The highest BCUT2D eigenvalue weighted by molar-refractivity contribution is 9.10. The highest BCUT2D eigenvalue weighted by Gasteiger charge is 2.21. The van der Waals surface area contributed by atoms with Gasteiger partial charge in [-0.2, -0.15) is 0 Å². The van der Waals surface area contributed by atoms with Gasteiger partial charge in [0.15, 0.2) is 11.6 Å². The molecule has 2 aromatic rings. The number of aliphatic hydroxyl groups excluding tert-OH is 1. The zero-order valence-electron chi connectivity index (χ0n) is 10.3. The molecule has 110 valence electrons. The Balaban J connectivity index is 2.54. The molecule has 0 bridgehead atoms. The Morgan fingerprint density at radius 2 is 2.00 bits per heavy atom. The Hall–Kier alpha value is -2.06. The second-order valence-corrected chi connectivity index (χ2v) is 4.83. The van der Waals surface area contributed by atoms with E-state index in [1.807, 2.05) is 0 Å². The number of para-hydroxylation sites is 1. The molecule has 1 N–H and O–H groups in total. The monoisotopic (exact) mass is 359 g/mol. The predicted molar refractivity (Wildman–Crippen MR) is 73.2 cm³/mol. The van der Waals surface area contributed by atoms with Gasteiger partial charge in [-0.05, 0) is 22.0 Å². The van der Waals surface area contributed by atoms with Crippen LogP contribution in [0.4, 0.5) is 14.5 Å². The van der Waals surface area contributed by atoms with Gasteiger partial charge in [-0.15, -0.1) is 0 Å².